The van der Waals surface area contributed by atoms with E-state index in [0.717, 1.165) is 18.8 Å². The van der Waals surface area contributed by atoms with Gasteiger partial charge in [-0.05, 0) is 37.3 Å². The second-order valence-corrected chi connectivity index (χ2v) is 4.30. The van der Waals surface area contributed by atoms with Gasteiger partial charge in [0.2, 0.25) is 0 Å². The summed E-state index contributed by atoms with van der Waals surface area (Å²) in [4.78, 5) is 0. The summed E-state index contributed by atoms with van der Waals surface area (Å²) >= 11 is 0. The number of hydrogen-bond acceptors (Lipinski definition) is 2. The summed E-state index contributed by atoms with van der Waals surface area (Å²) in [6.45, 7) is 2.75. The van der Waals surface area contributed by atoms with Crippen molar-refractivity contribution in [3.63, 3.8) is 0 Å². The average Bonchev–Trinajstić information content (AvgIpc) is 2.64. The Hall–Kier alpha value is -1.02. The van der Waals surface area contributed by atoms with Gasteiger partial charge in [0.1, 0.15) is 5.75 Å². The molecular formula is C13H16O2. The van der Waals surface area contributed by atoms with Crippen LogP contribution in [0.5, 0.6) is 5.75 Å². The van der Waals surface area contributed by atoms with E-state index in [1.807, 2.05) is 6.92 Å². The van der Waals surface area contributed by atoms with Gasteiger partial charge in [0.25, 0.3) is 0 Å². The van der Waals surface area contributed by atoms with Crippen LogP contribution in [0, 0.1) is 0 Å². The molecule has 3 rings (SSSR count). The van der Waals surface area contributed by atoms with Gasteiger partial charge in [0.05, 0.1) is 0 Å². The molecule has 80 valence electrons. The summed E-state index contributed by atoms with van der Waals surface area (Å²) in [6.07, 6.45) is 3.47. The third kappa shape index (κ3) is 1.44. The van der Waals surface area contributed by atoms with E-state index in [4.69, 9.17) is 9.47 Å². The summed E-state index contributed by atoms with van der Waals surface area (Å²) in [6, 6.07) is 6.39. The molecule has 0 amide bonds. The van der Waals surface area contributed by atoms with Gasteiger partial charge in [0, 0.05) is 18.6 Å². The lowest BCUT2D eigenvalue weighted by Crippen LogP contribution is -2.27. The highest BCUT2D eigenvalue weighted by Gasteiger charge is 2.33. The predicted molar refractivity (Wildman–Crippen MR) is 58.2 cm³/mol. The van der Waals surface area contributed by atoms with Crippen molar-refractivity contribution in [3.05, 3.63) is 29.3 Å². The van der Waals surface area contributed by atoms with Crippen LogP contribution < -0.4 is 4.74 Å². The van der Waals surface area contributed by atoms with Gasteiger partial charge in [-0.1, -0.05) is 12.1 Å². The van der Waals surface area contributed by atoms with Crippen LogP contribution in [0.4, 0.5) is 0 Å². The molecule has 2 aliphatic rings. The monoisotopic (exact) mass is 204 g/mol. The molecule has 2 atom stereocenters. The first kappa shape index (κ1) is 9.22. The minimum absolute atomic E-state index is 0.0270. The Balaban J connectivity index is 1.95. The molecule has 2 nitrogen and oxygen atoms in total. The van der Waals surface area contributed by atoms with Crippen molar-refractivity contribution in [2.45, 2.75) is 38.4 Å². The van der Waals surface area contributed by atoms with Crippen LogP contribution in [-0.2, 0) is 11.2 Å². The summed E-state index contributed by atoms with van der Waals surface area (Å²) in [7, 11) is 0. The maximum atomic E-state index is 5.84. The SMILES string of the molecule is CCO[C@H]1C[C@@H]2CCc3cccc(c32)O1. The van der Waals surface area contributed by atoms with Gasteiger partial charge >= 0.3 is 0 Å². The lowest BCUT2D eigenvalue weighted by Gasteiger charge is -2.29. The van der Waals surface area contributed by atoms with Crippen LogP contribution in [0.2, 0.25) is 0 Å². The lowest BCUT2D eigenvalue weighted by atomic mass is 9.94. The molecule has 1 aliphatic heterocycles. The highest BCUT2D eigenvalue weighted by molar-refractivity contribution is 5.47. The lowest BCUT2D eigenvalue weighted by molar-refractivity contribution is -0.0911. The fourth-order valence-corrected chi connectivity index (χ4v) is 2.79. The summed E-state index contributed by atoms with van der Waals surface area (Å²) in [5, 5.41) is 0. The molecule has 1 aromatic rings. The number of hydrogen-bond donors (Lipinski definition) is 0. The highest BCUT2D eigenvalue weighted by atomic mass is 16.7. The van der Waals surface area contributed by atoms with Crippen molar-refractivity contribution >= 4 is 0 Å². The van der Waals surface area contributed by atoms with E-state index in [-0.39, 0.29) is 6.29 Å². The van der Waals surface area contributed by atoms with Crippen molar-refractivity contribution in [1.82, 2.24) is 0 Å². The van der Waals surface area contributed by atoms with Crippen molar-refractivity contribution in [2.75, 3.05) is 6.61 Å². The normalized spacial score (nSPS) is 27.3. The maximum Gasteiger partial charge on any atom is 0.200 e. The summed E-state index contributed by atoms with van der Waals surface area (Å²) in [5.41, 5.74) is 2.93. The molecule has 0 unspecified atom stereocenters. The Morgan fingerprint density at radius 1 is 1.47 bits per heavy atom. The Bertz CT molecular complexity index is 373. The van der Waals surface area contributed by atoms with Crippen molar-refractivity contribution in [3.8, 4) is 5.75 Å². The molecule has 0 radical (unpaired) electrons. The molecule has 0 fully saturated rings. The number of rotatable bonds is 2. The van der Waals surface area contributed by atoms with E-state index in [0.29, 0.717) is 5.92 Å². The van der Waals surface area contributed by atoms with Crippen LogP contribution in [0.1, 0.15) is 36.8 Å². The highest BCUT2D eigenvalue weighted by Crippen LogP contribution is 2.45. The molecule has 0 bridgehead atoms. The van der Waals surface area contributed by atoms with Gasteiger partial charge in [-0.15, -0.1) is 0 Å². The van der Waals surface area contributed by atoms with Crippen molar-refractivity contribution in [2.24, 2.45) is 0 Å². The largest absolute Gasteiger partial charge is 0.465 e. The standard InChI is InChI=1S/C13H16O2/c1-2-14-12-8-10-7-6-9-4-3-5-11(15-12)13(9)10/h3-5,10,12H,2,6-8H2,1H3/t10-,12+/m0/s1. The maximum absolute atomic E-state index is 5.84. The molecule has 0 saturated carbocycles. The van der Waals surface area contributed by atoms with Gasteiger partial charge in [-0.25, -0.2) is 0 Å². The number of aryl methyl sites for hydroxylation is 1. The fourth-order valence-electron chi connectivity index (χ4n) is 2.79. The Morgan fingerprint density at radius 2 is 2.40 bits per heavy atom. The first-order valence-corrected chi connectivity index (χ1v) is 5.78. The zero-order chi connectivity index (χ0) is 10.3. The molecule has 0 saturated heterocycles. The first-order chi connectivity index (χ1) is 7.38. The Labute approximate surface area is 90.2 Å². The quantitative estimate of drug-likeness (QED) is 0.737. The molecule has 1 heterocycles. The smallest absolute Gasteiger partial charge is 0.200 e. The molecule has 0 aromatic heterocycles. The average molecular weight is 204 g/mol. The van der Waals surface area contributed by atoms with Crippen LogP contribution >= 0.6 is 0 Å². The van der Waals surface area contributed by atoms with Gasteiger partial charge in [-0.2, -0.15) is 0 Å². The predicted octanol–water partition coefficient (Wildman–Crippen LogP) is 2.86. The summed E-state index contributed by atoms with van der Waals surface area (Å²) < 4.78 is 11.4. The fraction of sp³-hybridized carbons (Fsp3) is 0.538. The zero-order valence-corrected chi connectivity index (χ0v) is 9.03. The van der Waals surface area contributed by atoms with E-state index >= 15 is 0 Å². The Kier molecular flexibility index (Phi) is 2.17. The zero-order valence-electron chi connectivity index (χ0n) is 9.03. The van der Waals surface area contributed by atoms with Crippen LogP contribution in [0.25, 0.3) is 0 Å². The topological polar surface area (TPSA) is 18.5 Å². The van der Waals surface area contributed by atoms with E-state index in [1.165, 1.54) is 24.0 Å². The van der Waals surface area contributed by atoms with Crippen LogP contribution in [0.15, 0.2) is 18.2 Å². The molecule has 1 aromatic carbocycles. The molecule has 1 aliphatic carbocycles. The van der Waals surface area contributed by atoms with E-state index in [9.17, 15) is 0 Å². The second-order valence-electron chi connectivity index (χ2n) is 4.30. The van der Waals surface area contributed by atoms with E-state index < -0.39 is 0 Å². The van der Waals surface area contributed by atoms with E-state index in [2.05, 4.69) is 18.2 Å². The first-order valence-electron chi connectivity index (χ1n) is 5.78. The molecule has 0 N–H and O–H groups in total. The molecule has 2 heteroatoms. The van der Waals surface area contributed by atoms with Crippen molar-refractivity contribution < 1.29 is 9.47 Å². The van der Waals surface area contributed by atoms with E-state index in [1.54, 1.807) is 0 Å². The van der Waals surface area contributed by atoms with Gasteiger partial charge < -0.3 is 9.47 Å². The molecular weight excluding hydrogens is 188 g/mol. The van der Waals surface area contributed by atoms with Gasteiger partial charge in [0.15, 0.2) is 6.29 Å². The number of ether oxygens (including phenoxy) is 2. The van der Waals surface area contributed by atoms with Gasteiger partial charge in [-0.3, -0.25) is 0 Å². The minimum atomic E-state index is -0.0270. The molecule has 15 heavy (non-hydrogen) atoms. The van der Waals surface area contributed by atoms with Crippen LogP contribution in [-0.4, -0.2) is 12.9 Å². The number of benzene rings is 1. The van der Waals surface area contributed by atoms with Crippen molar-refractivity contribution in [1.29, 1.82) is 0 Å². The Morgan fingerprint density at radius 3 is 3.27 bits per heavy atom. The summed E-state index contributed by atoms with van der Waals surface area (Å²) in [5.74, 6) is 1.72. The third-order valence-corrected chi connectivity index (χ3v) is 3.41. The minimum Gasteiger partial charge on any atom is -0.465 e. The molecule has 0 spiro atoms. The van der Waals surface area contributed by atoms with Crippen LogP contribution in [0.3, 0.4) is 0 Å². The second kappa shape index (κ2) is 3.53. The third-order valence-electron chi connectivity index (χ3n) is 3.41.